The van der Waals surface area contributed by atoms with E-state index in [1.165, 1.54) is 12.3 Å². The van der Waals surface area contributed by atoms with Gasteiger partial charge in [-0.3, -0.25) is 4.79 Å². The summed E-state index contributed by atoms with van der Waals surface area (Å²) < 4.78 is 0. The molecular weight excluding hydrogens is 116 g/mol. The first-order valence-electron chi connectivity index (χ1n) is 2.97. The molecule has 0 rings (SSSR count). The summed E-state index contributed by atoms with van der Waals surface area (Å²) in [4.78, 5) is 10.5. The summed E-state index contributed by atoms with van der Waals surface area (Å²) in [5.74, 6) is -0.126. The summed E-state index contributed by atoms with van der Waals surface area (Å²) in [6.45, 7) is 2.70. The smallest absolute Gasteiger partial charge is 0.245 e. The van der Waals surface area contributed by atoms with Gasteiger partial charge in [-0.1, -0.05) is 6.92 Å². The van der Waals surface area contributed by atoms with Crippen molar-refractivity contribution >= 4 is 5.91 Å². The molecule has 52 valence electrons. The second kappa shape index (κ2) is 5.15. The monoisotopic (exact) mass is 128 g/mol. The number of rotatable bonds is 3. The Kier molecular flexibility index (Phi) is 4.59. The van der Waals surface area contributed by atoms with Gasteiger partial charge in [0.1, 0.15) is 0 Å². The molecule has 0 saturated heterocycles. The lowest BCUT2D eigenvalue weighted by Gasteiger charge is -1.95. The minimum atomic E-state index is -0.126. The lowest BCUT2D eigenvalue weighted by molar-refractivity contribution is -0.116. The van der Waals surface area contributed by atoms with Gasteiger partial charge in [0.05, 0.1) is 0 Å². The zero-order valence-corrected chi connectivity index (χ0v) is 5.55. The normalized spacial score (nSPS) is 9.89. The summed E-state index contributed by atoms with van der Waals surface area (Å²) in [6, 6.07) is 0. The van der Waals surface area contributed by atoms with Gasteiger partial charge in [0.25, 0.3) is 0 Å². The molecule has 0 aromatic carbocycles. The summed E-state index contributed by atoms with van der Waals surface area (Å²) >= 11 is 0. The van der Waals surface area contributed by atoms with Gasteiger partial charge >= 0.3 is 0 Å². The van der Waals surface area contributed by atoms with Crippen molar-refractivity contribution in [3.8, 4) is 0 Å². The third-order valence-corrected chi connectivity index (χ3v) is 0.797. The Balaban J connectivity index is 3.27. The van der Waals surface area contributed by atoms with Crippen molar-refractivity contribution in [2.45, 2.75) is 13.3 Å². The van der Waals surface area contributed by atoms with Crippen LogP contribution in [0.5, 0.6) is 0 Å². The molecule has 3 N–H and O–H groups in total. The minimum absolute atomic E-state index is 0.126. The number of nitrogens with one attached hydrogen (secondary N) is 1. The predicted octanol–water partition coefficient (Wildman–Crippen LogP) is -0.0150. The third-order valence-electron chi connectivity index (χ3n) is 0.797. The van der Waals surface area contributed by atoms with Crippen molar-refractivity contribution in [1.82, 2.24) is 5.32 Å². The molecule has 1 amide bonds. The highest BCUT2D eigenvalue weighted by Gasteiger charge is 1.88. The highest BCUT2D eigenvalue weighted by atomic mass is 16.1. The van der Waals surface area contributed by atoms with E-state index in [0.29, 0.717) is 6.54 Å². The zero-order chi connectivity index (χ0) is 7.11. The fourth-order valence-corrected chi connectivity index (χ4v) is 0.395. The molecule has 0 heterocycles. The third kappa shape index (κ3) is 4.87. The van der Waals surface area contributed by atoms with Crippen LogP contribution < -0.4 is 11.1 Å². The first-order valence-corrected chi connectivity index (χ1v) is 2.97. The number of carbonyl (C=O) groups is 1. The lowest BCUT2D eigenvalue weighted by Crippen LogP contribution is -2.21. The van der Waals surface area contributed by atoms with Gasteiger partial charge in [0.2, 0.25) is 5.91 Å². The maximum Gasteiger partial charge on any atom is 0.245 e. The Bertz CT molecular complexity index is 110. The summed E-state index contributed by atoms with van der Waals surface area (Å²) in [5, 5.41) is 2.63. The Morgan fingerprint density at radius 3 is 2.89 bits per heavy atom. The van der Waals surface area contributed by atoms with Gasteiger partial charge in [-0.15, -0.1) is 0 Å². The van der Waals surface area contributed by atoms with Gasteiger partial charge in [-0.2, -0.15) is 0 Å². The maximum absolute atomic E-state index is 10.5. The Morgan fingerprint density at radius 1 is 1.78 bits per heavy atom. The average Bonchev–Trinajstić information content (AvgIpc) is 1.85. The molecule has 0 atom stereocenters. The van der Waals surface area contributed by atoms with Crippen molar-refractivity contribution in [1.29, 1.82) is 0 Å². The fraction of sp³-hybridized carbons (Fsp3) is 0.500. The predicted molar refractivity (Wildman–Crippen MR) is 36.6 cm³/mol. The van der Waals surface area contributed by atoms with E-state index in [-0.39, 0.29) is 5.91 Å². The van der Waals surface area contributed by atoms with E-state index in [4.69, 9.17) is 5.73 Å². The Hall–Kier alpha value is -0.990. The van der Waals surface area contributed by atoms with Crippen LogP contribution in [0.3, 0.4) is 0 Å². The van der Waals surface area contributed by atoms with Gasteiger partial charge < -0.3 is 11.1 Å². The quantitative estimate of drug-likeness (QED) is 0.525. The Labute approximate surface area is 54.9 Å². The van der Waals surface area contributed by atoms with Gasteiger partial charge in [-0.05, 0) is 12.6 Å². The van der Waals surface area contributed by atoms with Crippen LogP contribution in [0.1, 0.15) is 13.3 Å². The van der Waals surface area contributed by atoms with Crippen molar-refractivity contribution < 1.29 is 4.79 Å². The first kappa shape index (κ1) is 8.01. The molecular formula is C6H12N2O. The van der Waals surface area contributed by atoms with Crippen LogP contribution in [0.15, 0.2) is 12.3 Å². The largest absolute Gasteiger partial charge is 0.404 e. The lowest BCUT2D eigenvalue weighted by atomic mass is 10.4. The van der Waals surface area contributed by atoms with E-state index >= 15 is 0 Å². The molecule has 9 heavy (non-hydrogen) atoms. The van der Waals surface area contributed by atoms with Crippen molar-refractivity contribution in [2.75, 3.05) is 6.54 Å². The molecule has 3 nitrogen and oxygen atoms in total. The summed E-state index contributed by atoms with van der Waals surface area (Å²) in [7, 11) is 0. The van der Waals surface area contributed by atoms with Crippen LogP contribution in [0, 0.1) is 0 Å². The van der Waals surface area contributed by atoms with Crippen LogP contribution in [-0.4, -0.2) is 12.5 Å². The number of carbonyl (C=O) groups excluding carboxylic acids is 1. The molecule has 3 heteroatoms. The number of hydrogen-bond acceptors (Lipinski definition) is 2. The van der Waals surface area contributed by atoms with Crippen molar-refractivity contribution in [3.63, 3.8) is 0 Å². The molecule has 0 spiro atoms. The van der Waals surface area contributed by atoms with Crippen molar-refractivity contribution in [2.24, 2.45) is 5.73 Å². The van der Waals surface area contributed by atoms with Crippen LogP contribution in [0.4, 0.5) is 0 Å². The van der Waals surface area contributed by atoms with Gasteiger partial charge in [0, 0.05) is 12.6 Å². The van der Waals surface area contributed by atoms with Gasteiger partial charge in [-0.25, -0.2) is 0 Å². The van der Waals surface area contributed by atoms with E-state index in [0.717, 1.165) is 6.42 Å². The minimum Gasteiger partial charge on any atom is -0.404 e. The summed E-state index contributed by atoms with van der Waals surface area (Å²) in [5.41, 5.74) is 4.96. The second-order valence-electron chi connectivity index (χ2n) is 1.65. The van der Waals surface area contributed by atoms with E-state index in [9.17, 15) is 4.79 Å². The molecule has 0 bridgehead atoms. The van der Waals surface area contributed by atoms with Gasteiger partial charge in [0.15, 0.2) is 0 Å². The molecule has 0 aromatic heterocycles. The van der Waals surface area contributed by atoms with Crippen LogP contribution in [0.25, 0.3) is 0 Å². The topological polar surface area (TPSA) is 55.1 Å². The molecule has 0 radical (unpaired) electrons. The number of nitrogens with two attached hydrogens (primary N) is 1. The number of hydrogen-bond donors (Lipinski definition) is 2. The molecule has 0 aliphatic carbocycles. The van der Waals surface area contributed by atoms with E-state index in [2.05, 4.69) is 5.32 Å². The van der Waals surface area contributed by atoms with Crippen LogP contribution in [0.2, 0.25) is 0 Å². The van der Waals surface area contributed by atoms with E-state index < -0.39 is 0 Å². The second-order valence-corrected chi connectivity index (χ2v) is 1.65. The highest BCUT2D eigenvalue weighted by Crippen LogP contribution is 1.71. The molecule has 0 aliphatic rings. The fourth-order valence-electron chi connectivity index (χ4n) is 0.395. The highest BCUT2D eigenvalue weighted by molar-refractivity contribution is 5.87. The standard InChI is InChI=1S/C6H12N2O/c1-2-5-8-6(9)3-4-7/h3-4H,2,5,7H2,1H3,(H,8,9)/b4-3-. The molecule has 0 aliphatic heterocycles. The van der Waals surface area contributed by atoms with Crippen LogP contribution in [-0.2, 0) is 4.79 Å². The molecule has 0 fully saturated rings. The average molecular weight is 128 g/mol. The number of amides is 1. The summed E-state index contributed by atoms with van der Waals surface area (Å²) in [6.07, 6.45) is 3.48. The molecule has 0 aromatic rings. The molecule has 0 unspecified atom stereocenters. The Morgan fingerprint density at radius 2 is 2.44 bits per heavy atom. The van der Waals surface area contributed by atoms with Crippen LogP contribution >= 0.6 is 0 Å². The van der Waals surface area contributed by atoms with E-state index in [1.54, 1.807) is 0 Å². The molecule has 0 saturated carbocycles. The zero-order valence-electron chi connectivity index (χ0n) is 5.55. The first-order chi connectivity index (χ1) is 4.31. The van der Waals surface area contributed by atoms with Crippen molar-refractivity contribution in [3.05, 3.63) is 12.3 Å². The maximum atomic E-state index is 10.5. The van der Waals surface area contributed by atoms with E-state index in [1.807, 2.05) is 6.92 Å². The SMILES string of the molecule is CCCNC(=O)/C=C\N.